The predicted molar refractivity (Wildman–Crippen MR) is 71.8 cm³/mol. The van der Waals surface area contributed by atoms with E-state index < -0.39 is 10.0 Å². The molecule has 2 rings (SSSR count). The molecule has 1 heterocycles. The summed E-state index contributed by atoms with van der Waals surface area (Å²) >= 11 is 0. The monoisotopic (exact) mass is 279 g/mol. The molecule has 0 amide bonds. The summed E-state index contributed by atoms with van der Waals surface area (Å²) < 4.78 is 26.6. The molecule has 0 saturated heterocycles. The zero-order valence-corrected chi connectivity index (χ0v) is 10.8. The molecule has 0 spiro atoms. The highest BCUT2D eigenvalue weighted by Gasteiger charge is 2.17. The van der Waals surface area contributed by atoms with Crippen molar-refractivity contribution in [2.24, 2.45) is 0 Å². The summed E-state index contributed by atoms with van der Waals surface area (Å²) in [5.74, 6) is -0.0537. The molecule has 0 fully saturated rings. The van der Waals surface area contributed by atoms with Gasteiger partial charge in [-0.1, -0.05) is 12.1 Å². The van der Waals surface area contributed by atoms with Crippen LogP contribution in [0.2, 0.25) is 0 Å². The van der Waals surface area contributed by atoms with Gasteiger partial charge in [0, 0.05) is 11.9 Å². The molecule has 0 radical (unpaired) electrons. The minimum atomic E-state index is -3.76. The first-order valence-corrected chi connectivity index (χ1v) is 6.94. The van der Waals surface area contributed by atoms with Gasteiger partial charge >= 0.3 is 0 Å². The number of hydrogen-bond acceptors (Lipinski definition) is 5. The first-order chi connectivity index (χ1) is 9.03. The smallest absolute Gasteiger partial charge is 0.265 e. The van der Waals surface area contributed by atoms with Crippen molar-refractivity contribution in [2.75, 3.05) is 10.5 Å². The fourth-order valence-corrected chi connectivity index (χ4v) is 2.66. The second-order valence-electron chi connectivity index (χ2n) is 3.85. The topological polar surface area (TPSA) is 105 Å². The Labute approximate surface area is 111 Å². The fourth-order valence-electron chi connectivity index (χ4n) is 1.52. The Hall–Kier alpha value is -2.12. The molecule has 0 bridgehead atoms. The van der Waals surface area contributed by atoms with E-state index in [1.165, 1.54) is 18.3 Å². The van der Waals surface area contributed by atoms with Crippen molar-refractivity contribution in [1.82, 2.24) is 4.98 Å². The summed E-state index contributed by atoms with van der Waals surface area (Å²) in [5.41, 5.74) is 6.63. The molecule has 0 aliphatic carbocycles. The third kappa shape index (κ3) is 3.01. The number of pyridine rings is 1. The quantitative estimate of drug-likeness (QED) is 0.773. The number of sulfonamides is 1. The lowest BCUT2D eigenvalue weighted by molar-refractivity contribution is 0.282. The minimum absolute atomic E-state index is 0.0537. The standard InChI is InChI=1S/C12H13N3O3S/c13-12-11(2-1-7-14-12)19(17,18)15-10-5-3-9(8-16)4-6-10/h1-7,15-16H,8H2,(H2,13,14). The highest BCUT2D eigenvalue weighted by atomic mass is 32.2. The second kappa shape index (κ2) is 5.25. The van der Waals surface area contributed by atoms with E-state index in [9.17, 15) is 8.42 Å². The van der Waals surface area contributed by atoms with Crippen LogP contribution in [0.3, 0.4) is 0 Å². The molecule has 2 aromatic rings. The van der Waals surface area contributed by atoms with Gasteiger partial charge in [0.25, 0.3) is 10.0 Å². The lowest BCUT2D eigenvalue weighted by Gasteiger charge is -2.09. The van der Waals surface area contributed by atoms with Gasteiger partial charge in [-0.2, -0.15) is 0 Å². The molecular weight excluding hydrogens is 266 g/mol. The summed E-state index contributed by atoms with van der Waals surface area (Å²) in [5, 5.41) is 8.91. The Morgan fingerprint density at radius 3 is 2.47 bits per heavy atom. The number of rotatable bonds is 4. The Kier molecular flexibility index (Phi) is 3.68. The van der Waals surface area contributed by atoms with Crippen molar-refractivity contribution in [2.45, 2.75) is 11.5 Å². The van der Waals surface area contributed by atoms with E-state index in [0.717, 1.165) is 0 Å². The molecule has 0 aliphatic heterocycles. The van der Waals surface area contributed by atoms with Crippen molar-refractivity contribution in [3.8, 4) is 0 Å². The zero-order valence-electron chi connectivity index (χ0n) is 9.95. The number of benzene rings is 1. The lowest BCUT2D eigenvalue weighted by Crippen LogP contribution is -2.15. The van der Waals surface area contributed by atoms with E-state index in [-0.39, 0.29) is 17.3 Å². The van der Waals surface area contributed by atoms with Gasteiger partial charge in [-0.25, -0.2) is 13.4 Å². The van der Waals surface area contributed by atoms with Crippen LogP contribution < -0.4 is 10.5 Å². The number of nitrogens with two attached hydrogens (primary N) is 1. The molecule has 0 aliphatic rings. The molecule has 100 valence electrons. The van der Waals surface area contributed by atoms with Crippen molar-refractivity contribution in [3.63, 3.8) is 0 Å². The van der Waals surface area contributed by atoms with Crippen LogP contribution in [0.25, 0.3) is 0 Å². The van der Waals surface area contributed by atoms with Crippen LogP contribution in [0.15, 0.2) is 47.5 Å². The number of anilines is 2. The van der Waals surface area contributed by atoms with Gasteiger partial charge in [-0.15, -0.1) is 0 Å². The van der Waals surface area contributed by atoms with E-state index in [0.29, 0.717) is 11.3 Å². The van der Waals surface area contributed by atoms with E-state index >= 15 is 0 Å². The van der Waals surface area contributed by atoms with Crippen LogP contribution in [0, 0.1) is 0 Å². The van der Waals surface area contributed by atoms with E-state index in [1.54, 1.807) is 24.3 Å². The number of aliphatic hydroxyl groups is 1. The van der Waals surface area contributed by atoms with Crippen LogP contribution in [0.4, 0.5) is 11.5 Å². The molecule has 7 heteroatoms. The molecule has 1 aromatic heterocycles. The summed E-state index contributed by atoms with van der Waals surface area (Å²) in [6.45, 7) is -0.0947. The maximum atomic E-state index is 12.1. The summed E-state index contributed by atoms with van der Waals surface area (Å²) in [6.07, 6.45) is 1.42. The lowest BCUT2D eigenvalue weighted by atomic mass is 10.2. The van der Waals surface area contributed by atoms with Gasteiger partial charge in [0.1, 0.15) is 10.7 Å². The maximum absolute atomic E-state index is 12.1. The summed E-state index contributed by atoms with van der Waals surface area (Å²) in [4.78, 5) is 3.67. The Morgan fingerprint density at radius 1 is 1.21 bits per heavy atom. The average Bonchev–Trinajstić information content (AvgIpc) is 2.39. The van der Waals surface area contributed by atoms with E-state index in [4.69, 9.17) is 10.8 Å². The van der Waals surface area contributed by atoms with Gasteiger partial charge in [0.05, 0.1) is 6.61 Å². The second-order valence-corrected chi connectivity index (χ2v) is 5.50. The first kappa shape index (κ1) is 13.3. The van der Waals surface area contributed by atoms with Crippen molar-refractivity contribution in [1.29, 1.82) is 0 Å². The SMILES string of the molecule is Nc1ncccc1S(=O)(=O)Nc1ccc(CO)cc1. The minimum Gasteiger partial charge on any atom is -0.392 e. The van der Waals surface area contributed by atoms with E-state index in [2.05, 4.69) is 9.71 Å². The van der Waals surface area contributed by atoms with Crippen molar-refractivity contribution >= 4 is 21.5 Å². The van der Waals surface area contributed by atoms with Gasteiger partial charge in [0.15, 0.2) is 0 Å². The number of nitrogen functional groups attached to an aromatic ring is 1. The van der Waals surface area contributed by atoms with Gasteiger partial charge < -0.3 is 10.8 Å². The molecule has 0 atom stereocenters. The van der Waals surface area contributed by atoms with Crippen LogP contribution in [0.1, 0.15) is 5.56 Å². The zero-order chi connectivity index (χ0) is 13.9. The molecule has 19 heavy (non-hydrogen) atoms. The number of nitrogens with zero attached hydrogens (tertiary/aromatic N) is 1. The van der Waals surface area contributed by atoms with Gasteiger partial charge in [-0.3, -0.25) is 4.72 Å². The molecule has 0 unspecified atom stereocenters. The average molecular weight is 279 g/mol. The van der Waals surface area contributed by atoms with Crippen molar-refractivity contribution in [3.05, 3.63) is 48.2 Å². The van der Waals surface area contributed by atoms with E-state index in [1.807, 2.05) is 0 Å². The number of nitrogens with one attached hydrogen (secondary N) is 1. The highest BCUT2D eigenvalue weighted by Crippen LogP contribution is 2.19. The number of aromatic nitrogens is 1. The number of aliphatic hydroxyl groups excluding tert-OH is 1. The predicted octanol–water partition coefficient (Wildman–Crippen LogP) is 0.957. The summed E-state index contributed by atoms with van der Waals surface area (Å²) in [6, 6.07) is 9.27. The maximum Gasteiger partial charge on any atom is 0.265 e. The third-order valence-corrected chi connectivity index (χ3v) is 3.91. The largest absolute Gasteiger partial charge is 0.392 e. The van der Waals surface area contributed by atoms with Crippen LogP contribution in [-0.4, -0.2) is 18.5 Å². The fraction of sp³-hybridized carbons (Fsp3) is 0.0833. The van der Waals surface area contributed by atoms with Gasteiger partial charge in [-0.05, 0) is 29.8 Å². The third-order valence-electron chi connectivity index (χ3n) is 2.48. The van der Waals surface area contributed by atoms with Crippen molar-refractivity contribution < 1.29 is 13.5 Å². The van der Waals surface area contributed by atoms with Crippen LogP contribution >= 0.6 is 0 Å². The molecule has 6 nitrogen and oxygen atoms in total. The molecule has 0 saturated carbocycles. The summed E-state index contributed by atoms with van der Waals surface area (Å²) in [7, 11) is -3.76. The normalized spacial score (nSPS) is 11.2. The Bertz CT molecular complexity index is 669. The molecular formula is C12H13N3O3S. The van der Waals surface area contributed by atoms with Crippen LogP contribution in [0.5, 0.6) is 0 Å². The first-order valence-electron chi connectivity index (χ1n) is 5.46. The number of hydrogen-bond donors (Lipinski definition) is 3. The molecule has 4 N–H and O–H groups in total. The Balaban J connectivity index is 2.28. The Morgan fingerprint density at radius 2 is 1.89 bits per heavy atom. The van der Waals surface area contributed by atoms with Crippen LogP contribution in [-0.2, 0) is 16.6 Å². The molecule has 1 aromatic carbocycles. The highest BCUT2D eigenvalue weighted by molar-refractivity contribution is 7.92. The van der Waals surface area contributed by atoms with Gasteiger partial charge in [0.2, 0.25) is 0 Å².